The molecule has 0 aliphatic rings. The van der Waals surface area contributed by atoms with Crippen LogP contribution in [0.3, 0.4) is 0 Å². The molecular weight excluding hydrogens is 234 g/mol. The lowest BCUT2D eigenvalue weighted by Crippen LogP contribution is -1.96. The van der Waals surface area contributed by atoms with E-state index in [1.54, 1.807) is 18.2 Å². The zero-order valence-corrected chi connectivity index (χ0v) is 9.19. The largest absolute Gasteiger partial charge is 0.478 e. The average molecular weight is 242 g/mol. The van der Waals surface area contributed by atoms with Crippen molar-refractivity contribution in [1.29, 1.82) is 5.26 Å². The molecule has 18 heavy (non-hydrogen) atoms. The van der Waals surface area contributed by atoms with Crippen LogP contribution in [0.15, 0.2) is 29.4 Å². The maximum absolute atomic E-state index is 8.47. The molecule has 0 saturated heterocycles. The van der Waals surface area contributed by atoms with Gasteiger partial charge in [0, 0.05) is 11.8 Å². The molecule has 1 aromatic carbocycles. The van der Waals surface area contributed by atoms with Crippen molar-refractivity contribution in [1.82, 2.24) is 20.6 Å². The Labute approximate surface area is 102 Å². The zero-order chi connectivity index (χ0) is 12.6. The first-order valence-corrected chi connectivity index (χ1v) is 4.96. The molecule has 2 aromatic rings. The van der Waals surface area contributed by atoms with Crippen molar-refractivity contribution < 1.29 is 4.74 Å². The minimum atomic E-state index is -0.0210. The van der Waals surface area contributed by atoms with Gasteiger partial charge in [-0.3, -0.25) is 20.8 Å². The minimum absolute atomic E-state index is 0.0210. The topological polar surface area (TPSA) is 114 Å². The number of nitriles is 1. The highest BCUT2D eigenvalue weighted by atomic mass is 16.5. The normalized spacial score (nSPS) is 10.2. The van der Waals surface area contributed by atoms with E-state index in [0.717, 1.165) is 0 Å². The molecule has 0 radical (unpaired) electrons. The Morgan fingerprint density at radius 3 is 3.17 bits per heavy atom. The Hall–Kier alpha value is -2.95. The second-order valence-electron chi connectivity index (χ2n) is 3.04. The Morgan fingerprint density at radius 1 is 1.50 bits per heavy atom. The molecule has 2 rings (SSSR count). The van der Waals surface area contributed by atoms with E-state index in [9.17, 15) is 0 Å². The van der Waals surface area contributed by atoms with E-state index < -0.39 is 0 Å². The van der Waals surface area contributed by atoms with Crippen molar-refractivity contribution in [3.8, 4) is 11.8 Å². The van der Waals surface area contributed by atoms with Gasteiger partial charge in [0.05, 0.1) is 5.95 Å². The quantitative estimate of drug-likeness (QED) is 0.623. The first-order valence-electron chi connectivity index (χ1n) is 4.96. The summed E-state index contributed by atoms with van der Waals surface area (Å²) >= 11 is 0. The van der Waals surface area contributed by atoms with Gasteiger partial charge in [0.15, 0.2) is 6.61 Å². The highest BCUT2D eigenvalue weighted by Crippen LogP contribution is 2.16. The standard InChI is InChI=1S/C10H8N7O/c11-5-6-18-9-4-2-1-3-8(9)7-12-13-10-14-16-17-15-10/h1-4,7H,6H2,(H-,13,14,15,16,17)/q-1/b12-7-. The lowest BCUT2D eigenvalue weighted by atomic mass is 10.2. The van der Waals surface area contributed by atoms with Gasteiger partial charge in [-0.1, -0.05) is 12.1 Å². The summed E-state index contributed by atoms with van der Waals surface area (Å²) in [6.07, 6.45) is 1.49. The number of rotatable bonds is 5. The lowest BCUT2D eigenvalue weighted by Gasteiger charge is -2.05. The molecule has 8 heteroatoms. The number of H-pyrrole nitrogens is 1. The van der Waals surface area contributed by atoms with Crippen LogP contribution in [0.2, 0.25) is 0 Å². The number of hydrogen-bond donors (Lipinski definition) is 1. The van der Waals surface area contributed by atoms with Crippen molar-refractivity contribution in [3.63, 3.8) is 0 Å². The molecule has 1 heterocycles. The van der Waals surface area contributed by atoms with Crippen LogP contribution in [0.1, 0.15) is 5.56 Å². The van der Waals surface area contributed by atoms with Gasteiger partial charge >= 0.3 is 0 Å². The molecule has 0 bridgehead atoms. The molecule has 0 saturated carbocycles. The molecule has 0 spiro atoms. The van der Waals surface area contributed by atoms with Crippen LogP contribution in [0.5, 0.6) is 5.75 Å². The van der Waals surface area contributed by atoms with Gasteiger partial charge < -0.3 is 4.74 Å². The summed E-state index contributed by atoms with van der Waals surface area (Å²) in [5, 5.41) is 25.1. The SMILES string of the molecule is N#CCOc1ccccc1/C=N\[N-]c1nn[nH]n1. The van der Waals surface area contributed by atoms with Crippen LogP contribution in [-0.2, 0) is 0 Å². The van der Waals surface area contributed by atoms with E-state index in [4.69, 9.17) is 10.00 Å². The van der Waals surface area contributed by atoms with Gasteiger partial charge in [-0.25, -0.2) is 5.10 Å². The molecule has 0 aliphatic carbocycles. The highest BCUT2D eigenvalue weighted by molar-refractivity contribution is 5.84. The van der Waals surface area contributed by atoms with Gasteiger partial charge in [-0.15, -0.1) is 5.21 Å². The van der Waals surface area contributed by atoms with Gasteiger partial charge in [-0.2, -0.15) is 5.26 Å². The summed E-state index contributed by atoms with van der Waals surface area (Å²) in [6, 6.07) is 9.07. The van der Waals surface area contributed by atoms with Crippen molar-refractivity contribution in [2.24, 2.45) is 5.10 Å². The Morgan fingerprint density at radius 2 is 2.39 bits per heavy atom. The molecule has 0 amide bonds. The zero-order valence-electron chi connectivity index (χ0n) is 9.19. The van der Waals surface area contributed by atoms with Gasteiger partial charge in [-0.05, 0) is 12.1 Å². The Bertz CT molecular complexity index is 558. The average Bonchev–Trinajstić information content (AvgIpc) is 2.91. The Kier molecular flexibility index (Phi) is 3.81. The molecule has 0 unspecified atom stereocenters. The van der Waals surface area contributed by atoms with E-state index in [0.29, 0.717) is 11.3 Å². The predicted octanol–water partition coefficient (Wildman–Crippen LogP) is 1.14. The number of benzene rings is 1. The predicted molar refractivity (Wildman–Crippen MR) is 62.3 cm³/mol. The van der Waals surface area contributed by atoms with E-state index in [-0.39, 0.29) is 12.6 Å². The molecular formula is C10H8N7O-. The fourth-order valence-corrected chi connectivity index (χ4v) is 1.17. The number of para-hydroxylation sites is 1. The molecule has 1 N–H and O–H groups in total. The monoisotopic (exact) mass is 242 g/mol. The van der Waals surface area contributed by atoms with Crippen LogP contribution in [0.25, 0.3) is 5.43 Å². The molecule has 1 aromatic heterocycles. The van der Waals surface area contributed by atoms with E-state index in [1.165, 1.54) is 6.21 Å². The third kappa shape index (κ3) is 3.02. The van der Waals surface area contributed by atoms with Crippen LogP contribution in [0.4, 0.5) is 5.95 Å². The number of aromatic amines is 1. The molecule has 0 atom stereocenters. The summed E-state index contributed by atoms with van der Waals surface area (Å²) < 4.78 is 5.23. The third-order valence-corrected chi connectivity index (χ3v) is 1.89. The van der Waals surface area contributed by atoms with E-state index >= 15 is 0 Å². The maximum Gasteiger partial charge on any atom is 0.174 e. The second kappa shape index (κ2) is 5.95. The number of ether oxygens (including phenoxy) is 1. The molecule has 0 fully saturated rings. The van der Waals surface area contributed by atoms with Crippen LogP contribution in [0, 0.1) is 11.3 Å². The summed E-state index contributed by atoms with van der Waals surface area (Å²) in [6.45, 7) is -0.0210. The summed E-state index contributed by atoms with van der Waals surface area (Å²) in [5.41, 5.74) is 4.42. The third-order valence-electron chi connectivity index (χ3n) is 1.89. The molecule has 90 valence electrons. The van der Waals surface area contributed by atoms with Gasteiger partial charge in [0.25, 0.3) is 0 Å². The first-order chi connectivity index (χ1) is 8.90. The number of tetrazole rings is 1. The van der Waals surface area contributed by atoms with E-state index in [1.807, 2.05) is 12.1 Å². The molecule has 0 aliphatic heterocycles. The smallest absolute Gasteiger partial charge is 0.174 e. The lowest BCUT2D eigenvalue weighted by molar-refractivity contribution is 0.367. The maximum atomic E-state index is 8.47. The summed E-state index contributed by atoms with van der Waals surface area (Å²) in [4.78, 5) is 0. The fraction of sp³-hybridized carbons (Fsp3) is 0.100. The number of hydrogen-bond acceptors (Lipinski definition) is 6. The summed E-state index contributed by atoms with van der Waals surface area (Å²) in [5.74, 6) is 0.702. The molecule has 8 nitrogen and oxygen atoms in total. The van der Waals surface area contributed by atoms with Crippen molar-refractivity contribution in [3.05, 3.63) is 35.3 Å². The number of aromatic nitrogens is 4. The minimum Gasteiger partial charge on any atom is -0.478 e. The second-order valence-corrected chi connectivity index (χ2v) is 3.04. The van der Waals surface area contributed by atoms with Crippen LogP contribution in [-0.4, -0.2) is 33.4 Å². The first kappa shape index (κ1) is 11.5. The Balaban J connectivity index is 2.04. The van der Waals surface area contributed by atoms with Crippen molar-refractivity contribution in [2.75, 3.05) is 6.61 Å². The highest BCUT2D eigenvalue weighted by Gasteiger charge is 1.98. The van der Waals surface area contributed by atoms with Crippen LogP contribution >= 0.6 is 0 Å². The van der Waals surface area contributed by atoms with Crippen LogP contribution < -0.4 is 4.74 Å². The van der Waals surface area contributed by atoms with Gasteiger partial charge in [0.2, 0.25) is 0 Å². The number of nitrogens with one attached hydrogen (secondary N) is 1. The summed E-state index contributed by atoms with van der Waals surface area (Å²) in [7, 11) is 0. The van der Waals surface area contributed by atoms with Gasteiger partial charge in [0.1, 0.15) is 11.8 Å². The van der Waals surface area contributed by atoms with Crippen molar-refractivity contribution >= 4 is 12.2 Å². The van der Waals surface area contributed by atoms with E-state index in [2.05, 4.69) is 31.2 Å². The fourth-order valence-electron chi connectivity index (χ4n) is 1.17. The number of nitrogens with zero attached hydrogens (tertiary/aromatic N) is 6. The van der Waals surface area contributed by atoms with Crippen molar-refractivity contribution in [2.45, 2.75) is 0 Å².